The van der Waals surface area contributed by atoms with E-state index in [0.717, 1.165) is 30.4 Å². The number of hydrogen-bond acceptors (Lipinski definition) is 5. The molecule has 1 N–H and O–H groups in total. The summed E-state index contributed by atoms with van der Waals surface area (Å²) in [5.41, 5.74) is 4.59. The number of amides is 1. The fourth-order valence-corrected chi connectivity index (χ4v) is 4.00. The molecule has 0 spiro atoms. The highest BCUT2D eigenvalue weighted by Crippen LogP contribution is 2.30. The maximum Gasteiger partial charge on any atom is 0.277 e. The first-order chi connectivity index (χ1) is 13.2. The molecule has 0 bridgehead atoms. The van der Waals surface area contributed by atoms with Crippen LogP contribution in [0.1, 0.15) is 35.6 Å². The lowest BCUT2D eigenvalue weighted by Gasteiger charge is -2.26. The summed E-state index contributed by atoms with van der Waals surface area (Å²) >= 11 is 1.27. The van der Waals surface area contributed by atoms with E-state index < -0.39 is 0 Å². The van der Waals surface area contributed by atoms with Crippen LogP contribution in [0, 0.1) is 6.92 Å². The molecule has 6 heteroatoms. The van der Waals surface area contributed by atoms with Gasteiger partial charge in [-0.25, -0.2) is 0 Å². The van der Waals surface area contributed by atoms with Gasteiger partial charge in [-0.3, -0.25) is 4.79 Å². The van der Waals surface area contributed by atoms with Gasteiger partial charge in [-0.1, -0.05) is 53.7 Å². The molecule has 27 heavy (non-hydrogen) atoms. The topological polar surface area (TPSA) is 68.0 Å². The van der Waals surface area contributed by atoms with Gasteiger partial charge in [0.05, 0.1) is 11.8 Å². The van der Waals surface area contributed by atoms with E-state index in [1.807, 2.05) is 37.3 Å². The lowest BCUT2D eigenvalue weighted by atomic mass is 9.88. The molecule has 138 valence electrons. The number of aryl methyl sites for hydroxylation is 2. The molecule has 4 rings (SSSR count). The molecular formula is C21H21N3O2S. The Labute approximate surface area is 162 Å². The summed E-state index contributed by atoms with van der Waals surface area (Å²) in [6.07, 6.45) is 3.16. The molecule has 1 aromatic heterocycles. The van der Waals surface area contributed by atoms with Gasteiger partial charge in [-0.15, -0.1) is 10.2 Å². The molecule has 0 saturated carbocycles. The van der Waals surface area contributed by atoms with Gasteiger partial charge < -0.3 is 9.73 Å². The number of hydrogen-bond donors (Lipinski definition) is 1. The van der Waals surface area contributed by atoms with E-state index in [0.29, 0.717) is 11.1 Å². The quantitative estimate of drug-likeness (QED) is 0.668. The van der Waals surface area contributed by atoms with Gasteiger partial charge in [0.15, 0.2) is 0 Å². The first-order valence-corrected chi connectivity index (χ1v) is 10.1. The molecule has 1 aliphatic carbocycles. The number of rotatable bonds is 5. The zero-order valence-electron chi connectivity index (χ0n) is 15.1. The maximum absolute atomic E-state index is 12.4. The second-order valence-corrected chi connectivity index (χ2v) is 7.67. The van der Waals surface area contributed by atoms with Crippen molar-refractivity contribution in [1.29, 1.82) is 0 Å². The van der Waals surface area contributed by atoms with Gasteiger partial charge in [0.25, 0.3) is 5.22 Å². The Morgan fingerprint density at radius 2 is 2.11 bits per heavy atom. The molecule has 0 unspecified atom stereocenters. The second-order valence-electron chi connectivity index (χ2n) is 6.74. The molecule has 0 aliphatic heterocycles. The van der Waals surface area contributed by atoms with Crippen molar-refractivity contribution >= 4 is 17.7 Å². The fourth-order valence-electron chi connectivity index (χ4n) is 3.43. The minimum Gasteiger partial charge on any atom is -0.411 e. The Kier molecular flexibility index (Phi) is 5.25. The van der Waals surface area contributed by atoms with Crippen LogP contribution >= 0.6 is 11.8 Å². The molecule has 3 aromatic rings. The van der Waals surface area contributed by atoms with Crippen molar-refractivity contribution < 1.29 is 9.21 Å². The van der Waals surface area contributed by atoms with Crippen LogP contribution in [-0.2, 0) is 11.2 Å². The van der Waals surface area contributed by atoms with Crippen molar-refractivity contribution in [2.75, 3.05) is 5.75 Å². The zero-order chi connectivity index (χ0) is 18.6. The Balaban J connectivity index is 1.35. The highest BCUT2D eigenvalue weighted by molar-refractivity contribution is 7.99. The van der Waals surface area contributed by atoms with Crippen LogP contribution in [0.2, 0.25) is 0 Å². The van der Waals surface area contributed by atoms with Gasteiger partial charge in [0.2, 0.25) is 11.8 Å². The smallest absolute Gasteiger partial charge is 0.277 e. The molecule has 5 nitrogen and oxygen atoms in total. The lowest BCUT2D eigenvalue weighted by molar-refractivity contribution is -0.119. The van der Waals surface area contributed by atoms with Gasteiger partial charge in [0, 0.05) is 5.56 Å². The summed E-state index contributed by atoms with van der Waals surface area (Å²) in [6, 6.07) is 16.3. The summed E-state index contributed by atoms with van der Waals surface area (Å²) in [6.45, 7) is 2.02. The van der Waals surface area contributed by atoms with Crippen LogP contribution < -0.4 is 5.32 Å². The predicted octanol–water partition coefficient (Wildman–Crippen LogP) is 4.33. The van der Waals surface area contributed by atoms with E-state index in [2.05, 4.69) is 33.7 Å². The Bertz CT molecular complexity index is 954. The average Bonchev–Trinajstić information content (AvgIpc) is 3.16. The molecule has 1 amide bonds. The van der Waals surface area contributed by atoms with Gasteiger partial charge >= 0.3 is 0 Å². The molecular weight excluding hydrogens is 358 g/mol. The summed E-state index contributed by atoms with van der Waals surface area (Å²) in [4.78, 5) is 12.4. The third kappa shape index (κ3) is 4.22. The van der Waals surface area contributed by atoms with Crippen molar-refractivity contribution in [2.24, 2.45) is 0 Å². The summed E-state index contributed by atoms with van der Waals surface area (Å²) in [7, 11) is 0. The predicted molar refractivity (Wildman–Crippen MR) is 105 cm³/mol. The number of carbonyl (C=O) groups is 1. The third-order valence-corrected chi connectivity index (χ3v) is 5.52. The summed E-state index contributed by atoms with van der Waals surface area (Å²) in [5, 5.41) is 11.7. The van der Waals surface area contributed by atoms with Crippen molar-refractivity contribution in [1.82, 2.24) is 15.5 Å². The third-order valence-electron chi connectivity index (χ3n) is 4.70. The summed E-state index contributed by atoms with van der Waals surface area (Å²) < 4.78 is 5.68. The zero-order valence-corrected chi connectivity index (χ0v) is 16.0. The largest absolute Gasteiger partial charge is 0.411 e. The van der Waals surface area contributed by atoms with E-state index in [9.17, 15) is 4.79 Å². The standard InChI is InChI=1S/C21H21N3O2S/c1-14-6-4-9-16(12-14)20-23-24-21(26-20)27-13-19(25)22-18-11-5-8-15-7-2-3-10-17(15)18/h2-4,6-7,9-10,12,18H,5,8,11,13H2,1H3,(H,22,25)/t18-/m1/s1. The number of carbonyl (C=O) groups excluding carboxylic acids is 1. The van der Waals surface area contributed by atoms with Crippen LogP contribution in [-0.4, -0.2) is 21.9 Å². The molecule has 0 radical (unpaired) electrons. The highest BCUT2D eigenvalue weighted by atomic mass is 32.2. The number of fused-ring (bicyclic) bond motifs is 1. The average molecular weight is 379 g/mol. The monoisotopic (exact) mass is 379 g/mol. The van der Waals surface area contributed by atoms with E-state index >= 15 is 0 Å². The Morgan fingerprint density at radius 3 is 3.00 bits per heavy atom. The van der Waals surface area contributed by atoms with Gasteiger partial charge in [-0.05, 0) is 49.4 Å². The molecule has 0 saturated heterocycles. The number of nitrogens with zero attached hydrogens (tertiary/aromatic N) is 2. The first kappa shape index (κ1) is 17.8. The molecule has 1 atom stereocenters. The Hall–Kier alpha value is -2.60. The minimum atomic E-state index is -0.0167. The molecule has 1 aliphatic rings. The second kappa shape index (κ2) is 7.96. The normalized spacial score (nSPS) is 16.0. The number of nitrogens with one attached hydrogen (secondary N) is 1. The van der Waals surface area contributed by atoms with Crippen LogP contribution in [0.15, 0.2) is 58.2 Å². The van der Waals surface area contributed by atoms with Crippen LogP contribution in [0.25, 0.3) is 11.5 Å². The van der Waals surface area contributed by atoms with E-state index in [4.69, 9.17) is 4.42 Å². The lowest BCUT2D eigenvalue weighted by Crippen LogP contribution is -2.32. The summed E-state index contributed by atoms with van der Waals surface area (Å²) in [5.74, 6) is 0.716. The molecule has 0 fully saturated rings. The number of benzene rings is 2. The van der Waals surface area contributed by atoms with E-state index in [1.165, 1.54) is 22.9 Å². The van der Waals surface area contributed by atoms with Gasteiger partial charge in [0.1, 0.15) is 0 Å². The highest BCUT2D eigenvalue weighted by Gasteiger charge is 2.21. The number of thioether (sulfide) groups is 1. The molecule has 1 heterocycles. The SMILES string of the molecule is Cc1cccc(-c2nnc(SCC(=O)N[C@@H]3CCCc4ccccc43)o2)c1. The number of aromatic nitrogens is 2. The van der Waals surface area contributed by atoms with Crippen molar-refractivity contribution in [2.45, 2.75) is 37.5 Å². The van der Waals surface area contributed by atoms with Gasteiger partial charge in [-0.2, -0.15) is 0 Å². The minimum absolute atomic E-state index is 0.0167. The Morgan fingerprint density at radius 1 is 1.22 bits per heavy atom. The fraction of sp³-hybridized carbons (Fsp3) is 0.286. The van der Waals surface area contributed by atoms with E-state index in [1.54, 1.807) is 0 Å². The molecule has 2 aromatic carbocycles. The van der Waals surface area contributed by atoms with E-state index in [-0.39, 0.29) is 17.7 Å². The van der Waals surface area contributed by atoms with Crippen molar-refractivity contribution in [3.8, 4) is 11.5 Å². The van der Waals surface area contributed by atoms with Crippen molar-refractivity contribution in [3.05, 3.63) is 65.2 Å². The first-order valence-electron chi connectivity index (χ1n) is 9.09. The maximum atomic E-state index is 12.4. The van der Waals surface area contributed by atoms with Crippen LogP contribution in [0.5, 0.6) is 0 Å². The van der Waals surface area contributed by atoms with Crippen molar-refractivity contribution in [3.63, 3.8) is 0 Å². The van der Waals surface area contributed by atoms with Crippen LogP contribution in [0.4, 0.5) is 0 Å². The van der Waals surface area contributed by atoms with Crippen LogP contribution in [0.3, 0.4) is 0 Å².